The Hall–Kier alpha value is -3.65. The third-order valence-electron chi connectivity index (χ3n) is 21.9. The highest BCUT2D eigenvalue weighted by molar-refractivity contribution is 6.70. The van der Waals surface area contributed by atoms with Crippen molar-refractivity contribution in [1.29, 1.82) is 0 Å². The maximum atomic E-state index is 7.40. The fourth-order valence-electron chi connectivity index (χ4n) is 15.5. The van der Waals surface area contributed by atoms with Crippen LogP contribution in [0.4, 0.5) is 0 Å². The van der Waals surface area contributed by atoms with Gasteiger partial charge in [-0.05, 0) is 84.3 Å². The zero-order valence-electron chi connectivity index (χ0n) is 49.3. The van der Waals surface area contributed by atoms with Gasteiger partial charge in [0.25, 0.3) is 0 Å². The molecule has 5 aromatic carbocycles. The third-order valence-corrected chi connectivity index (χ3v) is 21.9. The molecule has 0 amide bonds. The van der Waals surface area contributed by atoms with Crippen LogP contribution < -0.4 is 71.0 Å². The Morgan fingerprint density at radius 2 is 0.597 bits per heavy atom. The van der Waals surface area contributed by atoms with E-state index in [-0.39, 0.29) is 11.7 Å². The minimum absolute atomic E-state index is 0.161. The van der Waals surface area contributed by atoms with Gasteiger partial charge >= 0.3 is 0 Å². The van der Waals surface area contributed by atoms with E-state index in [2.05, 4.69) is 204 Å². The van der Waals surface area contributed by atoms with Crippen LogP contribution >= 0.6 is 0 Å². The van der Waals surface area contributed by atoms with E-state index in [1.165, 1.54) is 136 Å². The molecule has 0 fully saturated rings. The topological polar surface area (TPSA) is 26.3 Å². The summed E-state index contributed by atoms with van der Waals surface area (Å²) in [6, 6.07) is 0. The van der Waals surface area contributed by atoms with Gasteiger partial charge in [0.1, 0.15) is 226 Å². The first-order chi connectivity index (χ1) is 33.6. The number of hydrogen-bond donors (Lipinski definition) is 0. The van der Waals surface area contributed by atoms with Crippen molar-refractivity contribution >= 4 is 341 Å². The number of rotatable bonds is 3. The number of allylic oxidation sites excluding steroid dienone is 9. The molecular weight excluding hydrogens is 842 g/mol. The highest BCUT2D eigenvalue weighted by atomic mass is 16.3. The number of benzene rings is 5. The standard InChI is InChI=1S/C44H58B26O2/c45-15-9(1-3-5(18(48)31(61)29(59)16(3)46)2(6-4(1)17(47)30(60)32(62)19(6)49)10-22(52)33(63)36(66)34(64)23(10)53)21(51)28(58)24(54)11(15)12-20(50)25(55)13-7-8-14-26(56)35(65)37(67)38(68)44(14)72-42(8)40(70)39(69)41(7)71-43(13)27(12)57/h9-10,15,18,22,31H,45-70H2. The minimum atomic E-state index is 0.161. The molecule has 2 nitrogen and oxygen atoms in total. The van der Waals surface area contributed by atoms with Gasteiger partial charge in [0.2, 0.25) is 0 Å². The largest absolute Gasteiger partial charge is 0.457 e. The fraction of sp³-hybridized carbons (Fsp3) is 0.136. The second-order valence-electron chi connectivity index (χ2n) is 24.3. The van der Waals surface area contributed by atoms with Crippen LogP contribution in [0.15, 0.2) is 52.6 Å². The zero-order valence-corrected chi connectivity index (χ0v) is 49.3. The van der Waals surface area contributed by atoms with Crippen molar-refractivity contribution in [2.45, 2.75) is 35.1 Å². The molecule has 324 valence electrons. The molecule has 0 radical (unpaired) electrons. The summed E-state index contributed by atoms with van der Waals surface area (Å²) in [5, 5.41) is 7.93. The van der Waals surface area contributed by atoms with Gasteiger partial charge in [-0.15, -0.1) is 54.7 Å². The molecule has 0 saturated heterocycles. The quantitative estimate of drug-likeness (QED) is 0.165. The number of furan rings is 2. The van der Waals surface area contributed by atoms with Crippen LogP contribution in [0.2, 0.25) is 17.5 Å². The Morgan fingerprint density at radius 1 is 0.236 bits per heavy atom. The van der Waals surface area contributed by atoms with Gasteiger partial charge in [0, 0.05) is 21.5 Å². The number of fused-ring (bicyclic) bond motifs is 9. The molecule has 10 rings (SSSR count). The van der Waals surface area contributed by atoms with Crippen LogP contribution in [-0.2, 0) is 0 Å². The van der Waals surface area contributed by atoms with E-state index in [4.69, 9.17) is 8.83 Å². The highest BCUT2D eigenvalue weighted by Gasteiger charge is 2.43. The average molecular weight is 900 g/mol. The molecule has 6 atom stereocenters. The summed E-state index contributed by atoms with van der Waals surface area (Å²) in [5.74, 6) is 1.86. The summed E-state index contributed by atoms with van der Waals surface area (Å²) in [7, 11) is 62.4. The van der Waals surface area contributed by atoms with Crippen LogP contribution in [0.3, 0.4) is 0 Å². The molecule has 0 saturated carbocycles. The summed E-state index contributed by atoms with van der Waals surface area (Å²) in [6.07, 6.45) is 0. The van der Waals surface area contributed by atoms with Crippen molar-refractivity contribution in [3.63, 3.8) is 0 Å². The summed E-state index contributed by atoms with van der Waals surface area (Å²) < 4.78 is 14.4. The van der Waals surface area contributed by atoms with E-state index in [0.29, 0.717) is 23.4 Å². The molecule has 0 bridgehead atoms. The van der Waals surface area contributed by atoms with E-state index in [1.54, 1.807) is 38.7 Å². The predicted molar refractivity (Wildman–Crippen MR) is 397 cm³/mol. The Balaban J connectivity index is 1.32. The Morgan fingerprint density at radius 3 is 1.11 bits per heavy atom. The maximum Gasteiger partial charge on any atom is 0.145 e. The Labute approximate surface area is 453 Å². The lowest BCUT2D eigenvalue weighted by Crippen LogP contribution is -2.49. The van der Waals surface area contributed by atoms with Gasteiger partial charge in [0.05, 0.1) is 0 Å². The van der Waals surface area contributed by atoms with Crippen molar-refractivity contribution in [3.8, 4) is 0 Å². The first-order valence-corrected chi connectivity index (χ1v) is 27.4. The second kappa shape index (κ2) is 17.4. The maximum absolute atomic E-state index is 7.40. The molecule has 7 aromatic rings. The molecule has 3 aliphatic rings. The predicted octanol–water partition coefficient (Wildman–Crippen LogP) is -23.4. The molecular formula is C44H58B26O2. The van der Waals surface area contributed by atoms with Crippen molar-refractivity contribution < 1.29 is 8.83 Å². The monoisotopic (exact) mass is 905 g/mol. The van der Waals surface area contributed by atoms with Gasteiger partial charge in [-0.3, -0.25) is 0 Å². The molecule has 2 heterocycles. The van der Waals surface area contributed by atoms with Gasteiger partial charge in [-0.2, -0.15) is 0 Å². The molecule has 3 aliphatic carbocycles. The van der Waals surface area contributed by atoms with E-state index >= 15 is 0 Å². The van der Waals surface area contributed by atoms with Gasteiger partial charge < -0.3 is 8.83 Å². The van der Waals surface area contributed by atoms with E-state index in [9.17, 15) is 0 Å². The first kappa shape index (κ1) is 51.8. The van der Waals surface area contributed by atoms with Crippen molar-refractivity contribution in [2.24, 2.45) is 0 Å². The normalized spacial score (nSPS) is 21.9. The average Bonchev–Trinajstić information content (AvgIpc) is 3.96. The SMILES string of the molecule is BC1=C(c2c(B)c(B)c3c(oc4c(B)c(B)c5oc6c(B)c(B)c(B)c(B)c6c5c43)c2B)C(B)C(c2c3c(c(C4C(B)=C(B)C(B)=C(B)C4B)c4c(B)c(B)c(B)c(B)c24)C(B)C(B)C(B)=C3B)C(B)=C1B. The van der Waals surface area contributed by atoms with E-state index in [1.807, 2.05) is 0 Å². The molecule has 28 heteroatoms. The van der Waals surface area contributed by atoms with Crippen molar-refractivity contribution in [1.82, 2.24) is 0 Å². The smallest absolute Gasteiger partial charge is 0.145 e. The van der Waals surface area contributed by atoms with Crippen LogP contribution in [0, 0.1) is 0 Å². The molecule has 0 aliphatic heterocycles. The lowest BCUT2D eigenvalue weighted by atomic mass is 9.43. The van der Waals surface area contributed by atoms with Crippen LogP contribution in [0.5, 0.6) is 0 Å². The summed E-state index contributed by atoms with van der Waals surface area (Å²) >= 11 is 0. The third kappa shape index (κ3) is 6.53. The minimum Gasteiger partial charge on any atom is -0.457 e. The lowest BCUT2D eigenvalue weighted by molar-refractivity contribution is 0.670. The second-order valence-corrected chi connectivity index (χ2v) is 24.3. The Bertz CT molecular complexity index is 3930. The molecule has 0 N–H and O–H groups in total. The fourth-order valence-corrected chi connectivity index (χ4v) is 15.5. The zero-order chi connectivity index (χ0) is 52.8. The lowest BCUT2D eigenvalue weighted by Gasteiger charge is -2.46. The van der Waals surface area contributed by atoms with Crippen molar-refractivity contribution in [3.05, 3.63) is 71.6 Å². The van der Waals surface area contributed by atoms with Gasteiger partial charge in [-0.1, -0.05) is 60.6 Å². The highest BCUT2D eigenvalue weighted by Crippen LogP contribution is 2.58. The van der Waals surface area contributed by atoms with Crippen molar-refractivity contribution in [2.75, 3.05) is 0 Å². The summed E-state index contributed by atoms with van der Waals surface area (Å²) in [4.78, 5) is 0. The van der Waals surface area contributed by atoms with Gasteiger partial charge in [-0.25, -0.2) is 0 Å². The first-order valence-electron chi connectivity index (χ1n) is 27.4. The summed E-state index contributed by atoms with van der Waals surface area (Å²) in [5.41, 5.74) is 43.8. The number of hydrogen-bond acceptors (Lipinski definition) is 2. The van der Waals surface area contributed by atoms with Gasteiger partial charge in [0.15, 0.2) is 0 Å². The molecule has 0 spiro atoms. The van der Waals surface area contributed by atoms with Crippen LogP contribution in [0.25, 0.3) is 65.7 Å². The molecule has 6 unspecified atom stereocenters. The van der Waals surface area contributed by atoms with Crippen LogP contribution in [-0.4, -0.2) is 204 Å². The van der Waals surface area contributed by atoms with Crippen LogP contribution in [0.1, 0.15) is 45.5 Å². The summed E-state index contributed by atoms with van der Waals surface area (Å²) in [6.45, 7) is 0. The van der Waals surface area contributed by atoms with E-state index in [0.717, 1.165) is 33.3 Å². The Kier molecular flexibility index (Phi) is 12.6. The van der Waals surface area contributed by atoms with E-state index < -0.39 is 0 Å². The molecule has 72 heavy (non-hydrogen) atoms. The molecule has 2 aromatic heterocycles.